The Morgan fingerprint density at radius 2 is 1.42 bits per heavy atom. The van der Waals surface area contributed by atoms with Gasteiger partial charge in [-0.2, -0.15) is 0 Å². The zero-order chi connectivity index (χ0) is 24.9. The Bertz CT molecular complexity index is 1270. The highest BCUT2D eigenvalue weighted by molar-refractivity contribution is 7.92. The van der Waals surface area contributed by atoms with Gasteiger partial charge in [-0.1, -0.05) is 0 Å². The quantitative estimate of drug-likeness (QED) is 0.530. The number of hydrazine groups is 1. The zero-order valence-corrected chi connectivity index (χ0v) is 20.6. The average molecular weight is 512 g/mol. The van der Waals surface area contributed by atoms with Crippen LogP contribution >= 0.6 is 0 Å². The molecule has 0 aromatic heterocycles. The highest BCUT2D eigenvalue weighted by Gasteiger charge is 2.54. The van der Waals surface area contributed by atoms with Crippen LogP contribution in [0.5, 0.6) is 11.5 Å². The van der Waals surface area contributed by atoms with Gasteiger partial charge in [-0.05, 0) is 92.7 Å². The number of fused-ring (bicyclic) bond motifs is 1. The number of nitrogens with one attached hydrogen (secondary N) is 3. The van der Waals surface area contributed by atoms with Crippen LogP contribution in [-0.2, 0) is 14.8 Å². The molecular weight excluding hydrogens is 482 g/mol. The smallest absolute Gasteiger partial charge is 0.269 e. The van der Waals surface area contributed by atoms with Gasteiger partial charge in [0, 0.05) is 17.3 Å². The van der Waals surface area contributed by atoms with E-state index in [2.05, 4.69) is 15.6 Å². The van der Waals surface area contributed by atoms with Crippen molar-refractivity contribution in [2.75, 3.05) is 17.9 Å². The molecule has 0 atom stereocenters. The molecule has 2 aromatic rings. The minimum absolute atomic E-state index is 0.0426. The minimum atomic E-state index is -3.87. The number of anilines is 1. The van der Waals surface area contributed by atoms with Gasteiger partial charge in [0.25, 0.3) is 15.9 Å². The van der Waals surface area contributed by atoms with Crippen LogP contribution in [0.25, 0.3) is 0 Å². The maximum Gasteiger partial charge on any atom is 0.269 e. The number of benzene rings is 2. The van der Waals surface area contributed by atoms with Crippen molar-refractivity contribution >= 4 is 27.5 Å². The number of amides is 2. The summed E-state index contributed by atoms with van der Waals surface area (Å²) in [5.41, 5.74) is 5.47. The lowest BCUT2D eigenvalue weighted by Crippen LogP contribution is -2.56. The fourth-order valence-corrected chi connectivity index (χ4v) is 7.88. The summed E-state index contributed by atoms with van der Waals surface area (Å²) in [5, 5.41) is 0. The standard InChI is InChI=1S/C26H29N3O6S/c30-24(27-28-25(31)26-13-16-9-17(14-26)11-18(10-16)15-26)19-1-3-20(4-2-19)29-36(32,33)21-5-6-22-23(12-21)35-8-7-34-22/h1-6,12,16-18,29H,7-11,13-15H2,(H,27,30)(H,28,31). The molecule has 0 radical (unpaired) electrons. The number of sulfonamides is 1. The van der Waals surface area contributed by atoms with Crippen molar-refractivity contribution in [3.63, 3.8) is 0 Å². The summed E-state index contributed by atoms with van der Waals surface area (Å²) in [7, 11) is -3.87. The van der Waals surface area contributed by atoms with E-state index < -0.39 is 15.9 Å². The van der Waals surface area contributed by atoms with Crippen LogP contribution in [0, 0.1) is 23.2 Å². The van der Waals surface area contributed by atoms with Crippen LogP contribution in [0.2, 0.25) is 0 Å². The molecule has 10 heteroatoms. The third kappa shape index (κ3) is 4.27. The number of hydrogen-bond donors (Lipinski definition) is 3. The molecule has 0 saturated heterocycles. The van der Waals surface area contributed by atoms with Crippen LogP contribution in [0.15, 0.2) is 47.4 Å². The van der Waals surface area contributed by atoms with Gasteiger partial charge in [-0.25, -0.2) is 8.42 Å². The van der Waals surface area contributed by atoms with Gasteiger partial charge in [0.05, 0.1) is 10.3 Å². The first-order chi connectivity index (χ1) is 17.3. The number of hydrogen-bond acceptors (Lipinski definition) is 6. The summed E-state index contributed by atoms with van der Waals surface area (Å²) in [6.07, 6.45) is 6.47. The lowest BCUT2D eigenvalue weighted by Gasteiger charge is -2.55. The minimum Gasteiger partial charge on any atom is -0.486 e. The second-order valence-electron chi connectivity index (χ2n) is 10.6. The van der Waals surface area contributed by atoms with Gasteiger partial charge < -0.3 is 9.47 Å². The normalized spacial score (nSPS) is 27.8. The lowest BCUT2D eigenvalue weighted by molar-refractivity contribution is -0.147. The van der Waals surface area contributed by atoms with Gasteiger partial charge in [-0.15, -0.1) is 0 Å². The Kier molecular flexibility index (Phi) is 5.59. The van der Waals surface area contributed by atoms with Gasteiger partial charge >= 0.3 is 0 Å². The van der Waals surface area contributed by atoms with Gasteiger partial charge in [-0.3, -0.25) is 25.2 Å². The molecule has 2 amide bonds. The molecule has 0 spiro atoms. The molecule has 3 N–H and O–H groups in total. The first-order valence-electron chi connectivity index (χ1n) is 12.4. The topological polar surface area (TPSA) is 123 Å². The van der Waals surface area contributed by atoms with E-state index in [1.807, 2.05) is 0 Å². The summed E-state index contributed by atoms with van der Waals surface area (Å²) in [6, 6.07) is 10.5. The van der Waals surface area contributed by atoms with E-state index in [-0.39, 0.29) is 16.2 Å². The van der Waals surface area contributed by atoms with Crippen molar-refractivity contribution in [2.45, 2.75) is 43.4 Å². The molecule has 4 fully saturated rings. The molecule has 2 aromatic carbocycles. The molecule has 36 heavy (non-hydrogen) atoms. The van der Waals surface area contributed by atoms with Gasteiger partial charge in [0.15, 0.2) is 11.5 Å². The number of carbonyl (C=O) groups is 2. The molecule has 1 heterocycles. The first-order valence-corrected chi connectivity index (χ1v) is 13.9. The van der Waals surface area contributed by atoms with Crippen molar-refractivity contribution in [3.05, 3.63) is 48.0 Å². The van der Waals surface area contributed by atoms with E-state index in [9.17, 15) is 18.0 Å². The maximum absolute atomic E-state index is 13.0. The van der Waals surface area contributed by atoms with E-state index in [1.54, 1.807) is 6.07 Å². The van der Waals surface area contributed by atoms with Crippen LogP contribution in [-0.4, -0.2) is 33.4 Å². The summed E-state index contributed by atoms with van der Waals surface area (Å²) in [5.74, 6) is 2.26. The second kappa shape index (κ2) is 8.69. The third-order valence-electron chi connectivity index (χ3n) is 8.03. The summed E-state index contributed by atoms with van der Waals surface area (Å²) >= 11 is 0. The largest absolute Gasteiger partial charge is 0.486 e. The molecule has 4 bridgehead atoms. The molecule has 1 aliphatic heterocycles. The summed E-state index contributed by atoms with van der Waals surface area (Å²) < 4.78 is 39.0. The Morgan fingerprint density at radius 1 is 0.806 bits per heavy atom. The fraction of sp³-hybridized carbons (Fsp3) is 0.462. The molecular formula is C26H29N3O6S. The molecule has 4 aliphatic carbocycles. The Morgan fingerprint density at radius 3 is 2.06 bits per heavy atom. The first kappa shape index (κ1) is 23.1. The van der Waals surface area contributed by atoms with E-state index in [0.29, 0.717) is 53.7 Å². The highest BCUT2D eigenvalue weighted by atomic mass is 32.2. The van der Waals surface area contributed by atoms with E-state index >= 15 is 0 Å². The molecule has 9 nitrogen and oxygen atoms in total. The number of ether oxygens (including phenoxy) is 2. The van der Waals surface area contributed by atoms with Gasteiger partial charge in [0.1, 0.15) is 13.2 Å². The number of carbonyl (C=O) groups excluding carboxylic acids is 2. The van der Waals surface area contributed by atoms with Crippen molar-refractivity contribution in [1.82, 2.24) is 10.9 Å². The zero-order valence-electron chi connectivity index (χ0n) is 19.8. The van der Waals surface area contributed by atoms with Crippen molar-refractivity contribution in [3.8, 4) is 11.5 Å². The van der Waals surface area contributed by atoms with Crippen molar-refractivity contribution in [2.24, 2.45) is 23.2 Å². The summed E-state index contributed by atoms with van der Waals surface area (Å²) in [4.78, 5) is 25.7. The van der Waals surface area contributed by atoms with Crippen molar-refractivity contribution < 1.29 is 27.5 Å². The Hall–Kier alpha value is -3.27. The molecule has 190 valence electrons. The van der Waals surface area contributed by atoms with E-state index in [1.165, 1.54) is 55.7 Å². The predicted molar refractivity (Wildman–Crippen MR) is 131 cm³/mol. The molecule has 5 aliphatic rings. The SMILES string of the molecule is O=C(NNC(=O)C12CC3CC(CC(C3)C1)C2)c1ccc(NS(=O)(=O)c2ccc3c(c2)OCCO3)cc1. The second-order valence-corrected chi connectivity index (χ2v) is 12.3. The van der Waals surface area contributed by atoms with E-state index in [4.69, 9.17) is 9.47 Å². The Labute approximate surface area is 210 Å². The predicted octanol–water partition coefficient (Wildman–Crippen LogP) is 3.24. The van der Waals surface area contributed by atoms with Crippen LogP contribution in [0.3, 0.4) is 0 Å². The lowest BCUT2D eigenvalue weighted by atomic mass is 9.49. The van der Waals surface area contributed by atoms with E-state index in [0.717, 1.165) is 19.3 Å². The van der Waals surface area contributed by atoms with Crippen molar-refractivity contribution in [1.29, 1.82) is 0 Å². The molecule has 0 unspecified atom stereocenters. The molecule has 4 saturated carbocycles. The third-order valence-corrected chi connectivity index (χ3v) is 9.41. The Balaban J connectivity index is 1.07. The fourth-order valence-electron chi connectivity index (χ4n) is 6.80. The summed E-state index contributed by atoms with van der Waals surface area (Å²) in [6.45, 7) is 0.777. The van der Waals surface area contributed by atoms with Crippen LogP contribution < -0.4 is 25.0 Å². The van der Waals surface area contributed by atoms with Gasteiger partial charge in [0.2, 0.25) is 5.91 Å². The average Bonchev–Trinajstić information content (AvgIpc) is 2.86. The monoisotopic (exact) mass is 511 g/mol. The maximum atomic E-state index is 13.0. The number of rotatable bonds is 5. The van der Waals surface area contributed by atoms with Crippen LogP contribution in [0.4, 0.5) is 5.69 Å². The van der Waals surface area contributed by atoms with Crippen LogP contribution in [0.1, 0.15) is 48.9 Å². The highest BCUT2D eigenvalue weighted by Crippen LogP contribution is 2.60. The molecule has 7 rings (SSSR count).